The van der Waals surface area contributed by atoms with Gasteiger partial charge in [0.05, 0.1) is 21.9 Å². The van der Waals surface area contributed by atoms with Crippen LogP contribution < -0.4 is 4.72 Å². The summed E-state index contributed by atoms with van der Waals surface area (Å²) < 4.78 is 79.9. The highest BCUT2D eigenvalue weighted by molar-refractivity contribution is 7.92. The predicted octanol–water partition coefficient (Wildman–Crippen LogP) is 4.29. The second-order valence-corrected chi connectivity index (χ2v) is 12.0. The molecule has 0 fully saturated rings. The first-order valence-electron chi connectivity index (χ1n) is 10.7. The number of aromatic nitrogens is 2. The number of benzene rings is 2. The molecule has 2 aromatic carbocycles. The molecule has 0 amide bonds. The van der Waals surface area contributed by atoms with Crippen molar-refractivity contribution in [3.05, 3.63) is 77.6 Å². The van der Waals surface area contributed by atoms with Gasteiger partial charge in [0, 0.05) is 35.2 Å². The summed E-state index contributed by atoms with van der Waals surface area (Å²) in [5, 5.41) is 0.248. The predicted molar refractivity (Wildman–Crippen MR) is 132 cm³/mol. The van der Waals surface area contributed by atoms with Crippen molar-refractivity contribution < 1.29 is 30.4 Å². The normalized spacial score (nSPS) is 12.1. The van der Waals surface area contributed by atoms with Crippen molar-refractivity contribution in [2.24, 2.45) is 0 Å². The van der Waals surface area contributed by atoms with Gasteiger partial charge in [0.15, 0.2) is 15.7 Å². The molecule has 12 heteroatoms. The number of nitrogens with zero attached hydrogens (tertiary/aromatic N) is 1. The maximum Gasteiger partial charge on any atom is 0.232 e. The number of carbonyl (C=O) groups is 1. The number of hydrogen-bond acceptors (Lipinski definition) is 6. The van der Waals surface area contributed by atoms with E-state index >= 15 is 4.39 Å². The molecule has 0 saturated carbocycles. The van der Waals surface area contributed by atoms with Crippen LogP contribution >= 0.6 is 0 Å². The van der Waals surface area contributed by atoms with E-state index in [0.717, 1.165) is 18.4 Å². The molecule has 8 nitrogen and oxygen atoms in total. The van der Waals surface area contributed by atoms with Gasteiger partial charge in [0.25, 0.3) is 0 Å². The summed E-state index contributed by atoms with van der Waals surface area (Å²) in [6.07, 6.45) is 4.08. The van der Waals surface area contributed by atoms with Crippen LogP contribution in [0, 0.1) is 11.6 Å². The second-order valence-electron chi connectivity index (χ2n) is 8.16. The zero-order valence-electron chi connectivity index (χ0n) is 19.2. The van der Waals surface area contributed by atoms with E-state index in [0.29, 0.717) is 11.1 Å². The van der Waals surface area contributed by atoms with Gasteiger partial charge >= 0.3 is 0 Å². The maximum absolute atomic E-state index is 15.2. The first kappa shape index (κ1) is 25.5. The number of hydrogen-bond donors (Lipinski definition) is 2. The van der Waals surface area contributed by atoms with E-state index in [9.17, 15) is 26.0 Å². The van der Waals surface area contributed by atoms with Gasteiger partial charge in [0.2, 0.25) is 15.8 Å². The molecule has 188 valence electrons. The molecule has 2 aromatic heterocycles. The number of sulfonamides is 1. The number of rotatable bonds is 8. The van der Waals surface area contributed by atoms with E-state index in [1.165, 1.54) is 24.5 Å². The van der Waals surface area contributed by atoms with Crippen molar-refractivity contribution in [1.82, 2.24) is 9.97 Å². The van der Waals surface area contributed by atoms with Gasteiger partial charge in [0.1, 0.15) is 11.5 Å². The number of ketones is 1. The van der Waals surface area contributed by atoms with Crippen LogP contribution in [-0.2, 0) is 19.9 Å². The van der Waals surface area contributed by atoms with Crippen LogP contribution in [0.25, 0.3) is 22.2 Å². The third kappa shape index (κ3) is 5.00. The fourth-order valence-electron chi connectivity index (χ4n) is 3.72. The Bertz CT molecular complexity index is 1720. The van der Waals surface area contributed by atoms with Crippen molar-refractivity contribution in [3.8, 4) is 11.1 Å². The van der Waals surface area contributed by atoms with Crippen molar-refractivity contribution >= 4 is 42.4 Å². The minimum Gasteiger partial charge on any atom is -0.345 e. The molecule has 2 heterocycles. The van der Waals surface area contributed by atoms with Crippen molar-refractivity contribution in [2.75, 3.05) is 16.7 Å². The van der Waals surface area contributed by atoms with Gasteiger partial charge in [-0.1, -0.05) is 19.1 Å². The Labute approximate surface area is 206 Å². The Morgan fingerprint density at radius 3 is 2.50 bits per heavy atom. The topological polar surface area (TPSA) is 126 Å². The SMILES string of the molecule is CCCS(=O)(=O)Nc1ccc(F)c(C(=O)c2c[nH]c3ncc(-c4cccc(S(C)(=O)=O)c4)cc23)c1F. The number of aromatic amines is 1. The second kappa shape index (κ2) is 9.43. The largest absolute Gasteiger partial charge is 0.345 e. The molecule has 0 aliphatic carbocycles. The van der Waals surface area contributed by atoms with Gasteiger partial charge in [-0.3, -0.25) is 9.52 Å². The summed E-state index contributed by atoms with van der Waals surface area (Å²) in [6, 6.07) is 9.41. The van der Waals surface area contributed by atoms with Crippen molar-refractivity contribution in [3.63, 3.8) is 0 Å². The summed E-state index contributed by atoms with van der Waals surface area (Å²) in [7, 11) is -7.35. The average Bonchev–Trinajstić information content (AvgIpc) is 3.24. The maximum atomic E-state index is 15.2. The van der Waals surface area contributed by atoms with E-state index in [1.54, 1.807) is 25.1 Å². The number of pyridine rings is 1. The molecule has 4 rings (SSSR count). The average molecular weight is 534 g/mol. The molecule has 36 heavy (non-hydrogen) atoms. The zero-order valence-corrected chi connectivity index (χ0v) is 20.8. The van der Waals surface area contributed by atoms with Crippen LogP contribution in [0.2, 0.25) is 0 Å². The monoisotopic (exact) mass is 533 g/mol. The number of fused-ring (bicyclic) bond motifs is 1. The molecular weight excluding hydrogens is 512 g/mol. The Balaban J connectivity index is 1.79. The quantitative estimate of drug-likeness (QED) is 0.326. The molecule has 2 N–H and O–H groups in total. The van der Waals surface area contributed by atoms with Crippen LogP contribution in [0.5, 0.6) is 0 Å². The smallest absolute Gasteiger partial charge is 0.232 e. The lowest BCUT2D eigenvalue weighted by Gasteiger charge is -2.11. The van der Waals surface area contributed by atoms with E-state index in [4.69, 9.17) is 0 Å². The van der Waals surface area contributed by atoms with Gasteiger partial charge in [-0.25, -0.2) is 30.6 Å². The Kier molecular flexibility index (Phi) is 6.67. The molecule has 0 aliphatic heterocycles. The molecule has 0 atom stereocenters. The molecule has 0 saturated heterocycles. The minimum absolute atomic E-state index is 0.0926. The van der Waals surface area contributed by atoms with Gasteiger partial charge in [-0.15, -0.1) is 0 Å². The third-order valence-electron chi connectivity index (χ3n) is 5.43. The first-order valence-corrected chi connectivity index (χ1v) is 14.3. The molecular formula is C24H21F2N3O5S2. The highest BCUT2D eigenvalue weighted by atomic mass is 32.2. The van der Waals surface area contributed by atoms with Crippen LogP contribution in [0.15, 0.2) is 59.8 Å². The van der Waals surface area contributed by atoms with Crippen molar-refractivity contribution in [2.45, 2.75) is 18.2 Å². The first-order chi connectivity index (χ1) is 16.9. The molecule has 0 radical (unpaired) electrons. The summed E-state index contributed by atoms with van der Waals surface area (Å²) in [6.45, 7) is 1.63. The van der Waals surface area contributed by atoms with Crippen LogP contribution in [0.3, 0.4) is 0 Å². The summed E-state index contributed by atoms with van der Waals surface area (Å²) in [5.41, 5.74) is -0.297. The minimum atomic E-state index is -3.88. The zero-order chi connectivity index (χ0) is 26.3. The van der Waals surface area contributed by atoms with Gasteiger partial charge in [-0.2, -0.15) is 0 Å². The molecule has 0 spiro atoms. The standard InChI is InChI=1S/C24H21F2N3O5S2/c1-3-9-36(33,34)29-20-8-7-19(25)21(22(20)26)23(30)18-13-28-24-17(18)11-15(12-27-24)14-5-4-6-16(10-14)35(2,31)32/h4-8,10-13,29H,3,9H2,1-2H3,(H,27,28). The molecule has 0 unspecified atom stereocenters. The highest BCUT2D eigenvalue weighted by Gasteiger charge is 2.26. The van der Waals surface area contributed by atoms with E-state index in [2.05, 4.69) is 9.97 Å². The lowest BCUT2D eigenvalue weighted by Crippen LogP contribution is -2.18. The Hall–Kier alpha value is -3.64. The van der Waals surface area contributed by atoms with E-state index < -0.39 is 48.5 Å². The third-order valence-corrected chi connectivity index (χ3v) is 8.01. The Morgan fingerprint density at radius 2 is 1.81 bits per heavy atom. The van der Waals surface area contributed by atoms with Crippen LogP contribution in [0.1, 0.15) is 29.3 Å². The highest BCUT2D eigenvalue weighted by Crippen LogP contribution is 2.30. The molecule has 0 aliphatic rings. The number of H-pyrrole nitrogens is 1. The van der Waals surface area contributed by atoms with Gasteiger partial charge in [-0.05, 0) is 42.3 Å². The summed E-state index contributed by atoms with van der Waals surface area (Å²) in [5.74, 6) is -3.78. The summed E-state index contributed by atoms with van der Waals surface area (Å²) >= 11 is 0. The fraction of sp³-hybridized carbons (Fsp3) is 0.167. The number of halogens is 2. The summed E-state index contributed by atoms with van der Waals surface area (Å²) in [4.78, 5) is 20.4. The van der Waals surface area contributed by atoms with Crippen LogP contribution in [-0.4, -0.2) is 44.6 Å². The number of nitrogens with one attached hydrogen (secondary N) is 2. The lowest BCUT2D eigenvalue weighted by molar-refractivity contribution is 0.103. The number of sulfone groups is 1. The number of carbonyl (C=O) groups excluding carboxylic acids is 1. The van der Waals surface area contributed by atoms with E-state index in [-0.39, 0.29) is 33.7 Å². The lowest BCUT2D eigenvalue weighted by atomic mass is 10.00. The van der Waals surface area contributed by atoms with Crippen LogP contribution in [0.4, 0.5) is 14.5 Å². The van der Waals surface area contributed by atoms with Gasteiger partial charge < -0.3 is 4.98 Å². The van der Waals surface area contributed by atoms with Crippen molar-refractivity contribution in [1.29, 1.82) is 0 Å². The Morgan fingerprint density at radius 1 is 1.06 bits per heavy atom. The molecule has 0 bridgehead atoms. The van der Waals surface area contributed by atoms with E-state index in [1.807, 2.05) is 4.72 Å². The number of anilines is 1. The molecule has 4 aromatic rings. The fourth-order valence-corrected chi connectivity index (χ4v) is 5.52.